The van der Waals surface area contributed by atoms with Gasteiger partial charge in [-0.25, -0.2) is 0 Å². The first-order valence-corrected chi connectivity index (χ1v) is 14.8. The Morgan fingerprint density at radius 1 is 0.829 bits per heavy atom. The van der Waals surface area contributed by atoms with E-state index >= 15 is 0 Å². The van der Waals surface area contributed by atoms with Crippen molar-refractivity contribution in [2.24, 2.45) is 0 Å². The lowest BCUT2D eigenvalue weighted by atomic mass is 10.1. The summed E-state index contributed by atoms with van der Waals surface area (Å²) < 4.78 is 19.6. The molecular formula is C30H50NO3S+. The van der Waals surface area contributed by atoms with Crippen LogP contribution in [-0.4, -0.2) is 33.0 Å². The van der Waals surface area contributed by atoms with E-state index in [4.69, 9.17) is 14.2 Å². The van der Waals surface area contributed by atoms with E-state index in [-0.39, 0.29) is 6.10 Å². The second-order valence-electron chi connectivity index (χ2n) is 9.79. The number of nitrogens with zero attached hydrogens (tertiary/aromatic N) is 1. The molecule has 0 aliphatic heterocycles. The van der Waals surface area contributed by atoms with E-state index in [0.717, 1.165) is 19.6 Å². The van der Waals surface area contributed by atoms with Gasteiger partial charge in [-0.2, -0.15) is 4.57 Å². The topological polar surface area (TPSA) is 31.6 Å². The number of ether oxygens (including phenoxy) is 3. The molecule has 0 radical (unpaired) electrons. The number of aryl methyl sites for hydroxylation is 1. The highest BCUT2D eigenvalue weighted by Crippen LogP contribution is 2.12. The Bertz CT molecular complexity index is 764. The van der Waals surface area contributed by atoms with Gasteiger partial charge >= 0.3 is 0 Å². The van der Waals surface area contributed by atoms with E-state index in [1.165, 1.54) is 86.6 Å². The molecule has 0 spiro atoms. The van der Waals surface area contributed by atoms with Gasteiger partial charge in [-0.15, -0.1) is 0 Å². The maximum Gasteiger partial charge on any atom is 0.225 e. The summed E-state index contributed by atoms with van der Waals surface area (Å²) >= 11 is 1.78. The predicted octanol–water partition coefficient (Wildman–Crippen LogP) is 7.64. The molecule has 0 saturated carbocycles. The standard InChI is InChI=1S/C30H50NO3S/c1-4-5-6-7-8-9-10-11-12-13-14-15-19-33-24-30(32-3)25-34-23-29-18-16-17-28(20-29)22-31-21-27(2)35-26-31/h16-18,20-21,26,30H,4-15,19,22-25H2,1-3H3/q+1. The third kappa shape index (κ3) is 14.8. The molecule has 4 nitrogen and oxygen atoms in total. The third-order valence-corrected chi connectivity index (χ3v) is 7.28. The molecule has 1 aromatic carbocycles. The number of hydrogen-bond acceptors (Lipinski definition) is 4. The zero-order valence-corrected chi connectivity index (χ0v) is 23.5. The highest BCUT2D eigenvalue weighted by molar-refractivity contribution is 7.09. The van der Waals surface area contributed by atoms with E-state index in [1.807, 2.05) is 0 Å². The van der Waals surface area contributed by atoms with Gasteiger partial charge in [0.15, 0.2) is 12.7 Å². The van der Waals surface area contributed by atoms with Crippen molar-refractivity contribution in [2.75, 3.05) is 26.9 Å². The molecule has 2 rings (SSSR count). The molecule has 0 aliphatic rings. The van der Waals surface area contributed by atoms with Crippen LogP contribution in [0.4, 0.5) is 0 Å². The van der Waals surface area contributed by atoms with E-state index in [1.54, 1.807) is 18.4 Å². The number of benzene rings is 1. The number of thiazole rings is 1. The fraction of sp³-hybridized carbons (Fsp3) is 0.700. The Labute approximate surface area is 219 Å². The molecule has 1 unspecified atom stereocenters. The average molecular weight is 505 g/mol. The predicted molar refractivity (Wildman–Crippen MR) is 147 cm³/mol. The first-order valence-electron chi connectivity index (χ1n) is 13.9. The van der Waals surface area contributed by atoms with Crippen molar-refractivity contribution >= 4 is 11.3 Å². The second kappa shape index (κ2) is 19.9. The van der Waals surface area contributed by atoms with E-state index in [0.29, 0.717) is 19.8 Å². The summed E-state index contributed by atoms with van der Waals surface area (Å²) in [5, 5.41) is 0. The number of methoxy groups -OCH3 is 1. The first kappa shape index (κ1) is 30.0. The van der Waals surface area contributed by atoms with Gasteiger partial charge in [0.2, 0.25) is 5.51 Å². The van der Waals surface area contributed by atoms with Gasteiger partial charge < -0.3 is 14.2 Å². The zero-order valence-electron chi connectivity index (χ0n) is 22.6. The van der Waals surface area contributed by atoms with Gasteiger partial charge in [0.1, 0.15) is 6.10 Å². The minimum atomic E-state index is -0.0140. The summed E-state index contributed by atoms with van der Waals surface area (Å²) in [4.78, 5) is 1.33. The van der Waals surface area contributed by atoms with Gasteiger partial charge in [-0.1, -0.05) is 107 Å². The second-order valence-corrected chi connectivity index (χ2v) is 10.9. The van der Waals surface area contributed by atoms with Crippen LogP contribution >= 0.6 is 11.3 Å². The van der Waals surface area contributed by atoms with E-state index in [9.17, 15) is 0 Å². The molecule has 0 saturated heterocycles. The quantitative estimate of drug-likeness (QED) is 0.122. The number of rotatable bonds is 22. The van der Waals surface area contributed by atoms with Crippen LogP contribution in [0.1, 0.15) is 100.0 Å². The molecule has 0 aliphatic carbocycles. The van der Waals surface area contributed by atoms with Crippen molar-refractivity contribution in [2.45, 2.75) is 110 Å². The summed E-state index contributed by atoms with van der Waals surface area (Å²) in [6, 6.07) is 8.63. The normalized spacial score (nSPS) is 12.3. The maximum atomic E-state index is 5.94. The van der Waals surface area contributed by atoms with Crippen molar-refractivity contribution in [1.82, 2.24) is 0 Å². The van der Waals surface area contributed by atoms with Crippen LogP contribution in [0.2, 0.25) is 0 Å². The number of unbranched alkanes of at least 4 members (excludes halogenated alkanes) is 11. The van der Waals surface area contributed by atoms with Crippen molar-refractivity contribution in [3.63, 3.8) is 0 Å². The Balaban J connectivity index is 1.45. The summed E-state index contributed by atoms with van der Waals surface area (Å²) in [6.45, 7) is 7.88. The molecule has 2 aromatic rings. The van der Waals surface area contributed by atoms with Crippen molar-refractivity contribution in [1.29, 1.82) is 0 Å². The van der Waals surface area contributed by atoms with Gasteiger partial charge in [-0.05, 0) is 25.0 Å². The van der Waals surface area contributed by atoms with Crippen molar-refractivity contribution in [3.8, 4) is 0 Å². The summed E-state index contributed by atoms with van der Waals surface area (Å²) in [5.74, 6) is 0. The van der Waals surface area contributed by atoms with E-state index < -0.39 is 0 Å². The van der Waals surface area contributed by atoms with Crippen LogP contribution in [-0.2, 0) is 27.4 Å². The molecular weight excluding hydrogens is 454 g/mol. The Hall–Kier alpha value is -1.27. The van der Waals surface area contributed by atoms with Crippen LogP contribution in [0.5, 0.6) is 0 Å². The Kier molecular flexibility index (Phi) is 17.0. The van der Waals surface area contributed by atoms with Crippen molar-refractivity contribution < 1.29 is 18.8 Å². The molecule has 1 atom stereocenters. The third-order valence-electron chi connectivity index (χ3n) is 6.43. The first-order chi connectivity index (χ1) is 17.2. The highest BCUT2D eigenvalue weighted by atomic mass is 32.1. The van der Waals surface area contributed by atoms with Crippen LogP contribution in [0.15, 0.2) is 36.0 Å². The molecule has 5 heteroatoms. The monoisotopic (exact) mass is 504 g/mol. The number of hydrogen-bond donors (Lipinski definition) is 0. The summed E-state index contributed by atoms with van der Waals surface area (Å²) in [6.07, 6.45) is 18.6. The summed E-state index contributed by atoms with van der Waals surface area (Å²) in [5.41, 5.74) is 4.66. The SMILES string of the molecule is CCCCCCCCCCCCCCOCC(COCc1cccc(C[n+]2csc(C)c2)c1)OC. The largest absolute Gasteiger partial charge is 0.379 e. The molecule has 0 N–H and O–H groups in total. The Morgan fingerprint density at radius 2 is 1.46 bits per heavy atom. The van der Waals surface area contributed by atoms with Crippen LogP contribution in [0.25, 0.3) is 0 Å². The van der Waals surface area contributed by atoms with Crippen LogP contribution in [0.3, 0.4) is 0 Å². The molecule has 35 heavy (non-hydrogen) atoms. The van der Waals surface area contributed by atoms with Crippen molar-refractivity contribution in [3.05, 3.63) is 52.0 Å². The van der Waals surface area contributed by atoms with Crippen LogP contribution in [0, 0.1) is 6.92 Å². The molecule has 0 fully saturated rings. The molecule has 0 amide bonds. The molecule has 1 aromatic heterocycles. The van der Waals surface area contributed by atoms with Gasteiger partial charge in [0.05, 0.1) is 24.7 Å². The van der Waals surface area contributed by atoms with E-state index in [2.05, 4.69) is 54.4 Å². The Morgan fingerprint density at radius 3 is 2.09 bits per heavy atom. The van der Waals surface area contributed by atoms with Gasteiger partial charge in [0, 0.05) is 19.3 Å². The minimum absolute atomic E-state index is 0.0140. The molecule has 1 heterocycles. The maximum absolute atomic E-state index is 5.94. The molecule has 198 valence electrons. The fourth-order valence-corrected chi connectivity index (χ4v) is 4.94. The molecule has 0 bridgehead atoms. The van der Waals surface area contributed by atoms with Crippen LogP contribution < -0.4 is 4.57 Å². The zero-order chi connectivity index (χ0) is 25.0. The minimum Gasteiger partial charge on any atom is -0.379 e. The van der Waals surface area contributed by atoms with Gasteiger partial charge in [-0.3, -0.25) is 0 Å². The number of aromatic nitrogens is 1. The summed E-state index contributed by atoms with van der Waals surface area (Å²) in [7, 11) is 1.74. The lowest BCUT2D eigenvalue weighted by Gasteiger charge is -2.16. The lowest BCUT2D eigenvalue weighted by Crippen LogP contribution is -2.30. The van der Waals surface area contributed by atoms with Gasteiger partial charge in [0.25, 0.3) is 0 Å². The average Bonchev–Trinajstić information content (AvgIpc) is 3.27. The lowest BCUT2D eigenvalue weighted by molar-refractivity contribution is -0.683. The highest BCUT2D eigenvalue weighted by Gasteiger charge is 2.09. The fourth-order valence-electron chi connectivity index (χ4n) is 4.31. The smallest absolute Gasteiger partial charge is 0.225 e.